The molecule has 0 aromatic heterocycles. The van der Waals surface area contributed by atoms with E-state index in [2.05, 4.69) is 44.8 Å². The molecule has 0 aromatic carbocycles. The molecule has 1 aliphatic rings. The van der Waals surface area contributed by atoms with Gasteiger partial charge in [-0.1, -0.05) is 47.1 Å². The molecule has 1 aliphatic heterocycles. The number of allylic oxidation sites excluding steroid dienone is 1. The van der Waals surface area contributed by atoms with E-state index in [0.29, 0.717) is 25.0 Å². The number of nitrogens with one attached hydrogen (secondary N) is 1. The van der Waals surface area contributed by atoms with Gasteiger partial charge in [0.2, 0.25) is 6.41 Å². The highest BCUT2D eigenvalue weighted by Crippen LogP contribution is 2.19. The number of esters is 1. The number of ketones is 1. The van der Waals surface area contributed by atoms with Gasteiger partial charge in [-0.2, -0.15) is 0 Å². The zero-order valence-electron chi connectivity index (χ0n) is 22.2. The second kappa shape index (κ2) is 20.0. The molecule has 0 aliphatic carbocycles. The average Bonchev–Trinajstić information content (AvgIpc) is 2.72. The third-order valence-electron chi connectivity index (χ3n) is 4.88. The largest absolute Gasteiger partial charge is 0.463 e. The summed E-state index contributed by atoms with van der Waals surface area (Å²) in [6.45, 7) is 21.5. The molecule has 1 saturated heterocycles. The lowest BCUT2D eigenvalue weighted by Gasteiger charge is -2.29. The fourth-order valence-electron chi connectivity index (χ4n) is 3.05. The van der Waals surface area contributed by atoms with Gasteiger partial charge >= 0.3 is 5.97 Å². The van der Waals surface area contributed by atoms with Crippen molar-refractivity contribution in [1.82, 2.24) is 10.2 Å². The van der Waals surface area contributed by atoms with Gasteiger partial charge < -0.3 is 15.0 Å². The third kappa shape index (κ3) is 19.0. The number of carbonyl (C=O) groups excluding carboxylic acids is 3. The van der Waals surface area contributed by atoms with Gasteiger partial charge in [0.15, 0.2) is 5.78 Å². The number of Topliss-reactive ketones (excluding diaryl/α,β-unsaturated/α-hetero) is 1. The lowest BCUT2D eigenvalue weighted by atomic mass is 9.89. The van der Waals surface area contributed by atoms with Crippen LogP contribution >= 0.6 is 0 Å². The van der Waals surface area contributed by atoms with Crippen molar-refractivity contribution in [1.29, 1.82) is 0 Å². The molecular weight excluding hydrogens is 404 g/mol. The second-order valence-corrected chi connectivity index (χ2v) is 9.64. The van der Waals surface area contributed by atoms with Crippen molar-refractivity contribution in [2.45, 2.75) is 94.0 Å². The second-order valence-electron chi connectivity index (χ2n) is 9.64. The van der Waals surface area contributed by atoms with Crippen molar-refractivity contribution >= 4 is 18.2 Å². The SMILES string of the molecule is CC(C)C.CC(C)N1CCCCC1.CCOC(=O)/C(C)=C/[C@@H](CC(=O)CNC=O)C(C)C. The smallest absolute Gasteiger partial charge is 0.333 e. The van der Waals surface area contributed by atoms with Crippen LogP contribution in [0.4, 0.5) is 0 Å². The Hall–Kier alpha value is -1.69. The van der Waals surface area contributed by atoms with Crippen LogP contribution in [0.3, 0.4) is 0 Å². The molecule has 0 unspecified atom stereocenters. The van der Waals surface area contributed by atoms with Crippen LogP contribution in [0.2, 0.25) is 0 Å². The third-order valence-corrected chi connectivity index (χ3v) is 4.88. The molecule has 1 N–H and O–H groups in total. The van der Waals surface area contributed by atoms with E-state index in [0.717, 1.165) is 12.0 Å². The van der Waals surface area contributed by atoms with Crippen LogP contribution in [-0.2, 0) is 19.1 Å². The Kier molecular flexibility index (Phi) is 20.3. The average molecular weight is 455 g/mol. The predicted molar refractivity (Wildman–Crippen MR) is 133 cm³/mol. The van der Waals surface area contributed by atoms with E-state index in [1.54, 1.807) is 19.9 Å². The molecule has 0 saturated carbocycles. The van der Waals surface area contributed by atoms with E-state index < -0.39 is 0 Å². The van der Waals surface area contributed by atoms with Gasteiger partial charge in [0.25, 0.3) is 0 Å². The number of likely N-dealkylation sites (tertiary alicyclic amines) is 1. The minimum Gasteiger partial charge on any atom is -0.463 e. The Morgan fingerprint density at radius 2 is 1.53 bits per heavy atom. The van der Waals surface area contributed by atoms with Crippen LogP contribution in [0.1, 0.15) is 88.0 Å². The van der Waals surface area contributed by atoms with Crippen molar-refractivity contribution in [3.05, 3.63) is 11.6 Å². The van der Waals surface area contributed by atoms with Crippen LogP contribution in [0, 0.1) is 17.8 Å². The summed E-state index contributed by atoms with van der Waals surface area (Å²) in [6, 6.07) is 0.769. The maximum Gasteiger partial charge on any atom is 0.333 e. The summed E-state index contributed by atoms with van der Waals surface area (Å²) < 4.78 is 4.90. The van der Waals surface area contributed by atoms with Gasteiger partial charge in [-0.3, -0.25) is 9.59 Å². The van der Waals surface area contributed by atoms with Crippen LogP contribution in [0.15, 0.2) is 11.6 Å². The van der Waals surface area contributed by atoms with Gasteiger partial charge in [0.1, 0.15) is 0 Å². The van der Waals surface area contributed by atoms with Crippen molar-refractivity contribution in [2.75, 3.05) is 26.2 Å². The molecule has 0 spiro atoms. The van der Waals surface area contributed by atoms with Crippen molar-refractivity contribution < 1.29 is 19.1 Å². The van der Waals surface area contributed by atoms with E-state index in [4.69, 9.17) is 4.74 Å². The molecule has 0 radical (unpaired) electrons. The fraction of sp³-hybridized carbons (Fsp3) is 0.808. The maximum atomic E-state index is 11.6. The molecule has 1 amide bonds. The molecule has 32 heavy (non-hydrogen) atoms. The summed E-state index contributed by atoms with van der Waals surface area (Å²) in [7, 11) is 0. The molecule has 1 atom stereocenters. The summed E-state index contributed by atoms with van der Waals surface area (Å²) in [6.07, 6.45) is 6.86. The fourth-order valence-corrected chi connectivity index (χ4v) is 3.05. The molecule has 6 nitrogen and oxygen atoms in total. The number of hydrogen-bond donors (Lipinski definition) is 1. The first-order chi connectivity index (χ1) is 15.0. The van der Waals surface area contributed by atoms with Crippen LogP contribution in [-0.4, -0.2) is 55.3 Å². The number of amides is 1. The zero-order chi connectivity index (χ0) is 25.1. The molecule has 0 aromatic rings. The number of piperidine rings is 1. The number of rotatable bonds is 10. The van der Waals surface area contributed by atoms with E-state index in [1.165, 1.54) is 32.4 Å². The number of nitrogens with zero attached hydrogens (tertiary/aromatic N) is 1. The lowest BCUT2D eigenvalue weighted by Crippen LogP contribution is -2.35. The van der Waals surface area contributed by atoms with E-state index >= 15 is 0 Å². The Morgan fingerprint density at radius 3 is 1.91 bits per heavy atom. The van der Waals surface area contributed by atoms with E-state index in [-0.39, 0.29) is 30.1 Å². The minimum atomic E-state index is -0.355. The Labute approximate surface area is 197 Å². The predicted octanol–water partition coefficient (Wildman–Crippen LogP) is 5.02. The van der Waals surface area contributed by atoms with Crippen LogP contribution in [0.5, 0.6) is 0 Å². The van der Waals surface area contributed by atoms with E-state index in [9.17, 15) is 14.4 Å². The Balaban J connectivity index is 0. The maximum absolute atomic E-state index is 11.6. The number of hydrogen-bond acceptors (Lipinski definition) is 5. The summed E-state index contributed by atoms with van der Waals surface area (Å²) in [5.74, 6) is 0.611. The number of carbonyl (C=O) groups is 3. The van der Waals surface area contributed by atoms with Gasteiger partial charge in [0, 0.05) is 18.0 Å². The normalized spacial score (nSPS) is 15.3. The zero-order valence-corrected chi connectivity index (χ0v) is 22.2. The topological polar surface area (TPSA) is 75.7 Å². The molecule has 1 rings (SSSR count). The van der Waals surface area contributed by atoms with Crippen LogP contribution in [0.25, 0.3) is 0 Å². The Morgan fingerprint density at radius 1 is 1.00 bits per heavy atom. The van der Waals surface area contributed by atoms with Crippen molar-refractivity contribution in [2.24, 2.45) is 17.8 Å². The molecule has 1 fully saturated rings. The molecule has 6 heteroatoms. The summed E-state index contributed by atoms with van der Waals surface area (Å²) >= 11 is 0. The first-order valence-corrected chi connectivity index (χ1v) is 12.2. The molecule has 0 bridgehead atoms. The summed E-state index contributed by atoms with van der Waals surface area (Å²) in [4.78, 5) is 35.8. The summed E-state index contributed by atoms with van der Waals surface area (Å²) in [5, 5.41) is 2.35. The summed E-state index contributed by atoms with van der Waals surface area (Å²) in [5.41, 5.74) is 0.511. The monoisotopic (exact) mass is 454 g/mol. The highest BCUT2D eigenvalue weighted by Gasteiger charge is 2.17. The van der Waals surface area contributed by atoms with Gasteiger partial charge in [-0.05, 0) is 71.4 Å². The minimum absolute atomic E-state index is 0.0268. The molecule has 188 valence electrons. The standard InChI is InChI=1S/C14H23NO4.C8H17N.C4H10/c1-5-19-14(18)11(4)6-12(10(2)3)7-13(17)8-15-9-16;1-8(2)9-6-4-3-5-7-9;1-4(2)3/h6,9-10,12H,5,7-8H2,1-4H3,(H,15,16);8H,3-7H2,1-2H3;4H,1-3H3/b11-6+;;/t12-;;/m0../s1. The highest BCUT2D eigenvalue weighted by molar-refractivity contribution is 5.88. The quantitative estimate of drug-likeness (QED) is 0.285. The number of ether oxygens (including phenoxy) is 1. The van der Waals surface area contributed by atoms with Gasteiger partial charge in [0.05, 0.1) is 13.2 Å². The van der Waals surface area contributed by atoms with Crippen LogP contribution < -0.4 is 5.32 Å². The molecule has 1 heterocycles. The van der Waals surface area contributed by atoms with Crippen molar-refractivity contribution in [3.8, 4) is 0 Å². The Bertz CT molecular complexity index is 533. The van der Waals surface area contributed by atoms with Gasteiger partial charge in [-0.15, -0.1) is 0 Å². The highest BCUT2D eigenvalue weighted by atomic mass is 16.5. The lowest BCUT2D eigenvalue weighted by molar-refractivity contribution is -0.138. The first-order valence-electron chi connectivity index (χ1n) is 12.2. The molecular formula is C26H50N2O4. The van der Waals surface area contributed by atoms with Crippen molar-refractivity contribution in [3.63, 3.8) is 0 Å². The first kappa shape index (κ1) is 32.5. The van der Waals surface area contributed by atoms with Gasteiger partial charge in [-0.25, -0.2) is 4.79 Å². The van der Waals surface area contributed by atoms with E-state index in [1.807, 2.05) is 13.8 Å².